The van der Waals surface area contributed by atoms with Gasteiger partial charge in [0.15, 0.2) is 10.8 Å². The topological polar surface area (TPSA) is 48.0 Å². The van der Waals surface area contributed by atoms with E-state index in [0.29, 0.717) is 5.15 Å². The quantitative estimate of drug-likeness (QED) is 0.690. The highest BCUT2D eigenvalue weighted by molar-refractivity contribution is 6.29. The fraction of sp³-hybridized carbons (Fsp3) is 0.357. The molecule has 6 heteroatoms. The van der Waals surface area contributed by atoms with Crippen molar-refractivity contribution in [2.24, 2.45) is 7.05 Å². The van der Waals surface area contributed by atoms with E-state index in [4.69, 9.17) is 11.6 Å². The van der Waals surface area contributed by atoms with E-state index in [1.165, 1.54) is 16.8 Å². The fourth-order valence-corrected chi connectivity index (χ4v) is 3.38. The van der Waals surface area contributed by atoms with Crippen molar-refractivity contribution in [3.63, 3.8) is 0 Å². The monoisotopic (exact) mass is 287 g/mol. The van der Waals surface area contributed by atoms with Crippen LogP contribution >= 0.6 is 11.6 Å². The molecule has 0 aliphatic heterocycles. The summed E-state index contributed by atoms with van der Waals surface area (Å²) in [5.41, 5.74) is 4.33. The van der Waals surface area contributed by atoms with Crippen molar-refractivity contribution in [1.82, 2.24) is 24.4 Å². The van der Waals surface area contributed by atoms with Gasteiger partial charge in [-0.3, -0.25) is 4.68 Å². The second-order valence-electron chi connectivity index (χ2n) is 5.60. The van der Waals surface area contributed by atoms with Crippen molar-refractivity contribution in [3.8, 4) is 0 Å². The van der Waals surface area contributed by atoms with Crippen molar-refractivity contribution < 1.29 is 0 Å². The van der Waals surface area contributed by atoms with Crippen LogP contribution in [0.1, 0.15) is 30.2 Å². The van der Waals surface area contributed by atoms with Gasteiger partial charge in [0, 0.05) is 36.5 Å². The molecule has 4 rings (SSSR count). The number of fused-ring (bicyclic) bond motifs is 3. The first-order valence-electron chi connectivity index (χ1n) is 6.61. The van der Waals surface area contributed by atoms with Crippen LogP contribution in [0.2, 0.25) is 5.15 Å². The molecular formula is C14H14ClN5. The fourth-order valence-electron chi connectivity index (χ4n) is 3.20. The molecule has 0 bridgehead atoms. The molecule has 0 saturated carbocycles. The lowest BCUT2D eigenvalue weighted by molar-refractivity contribution is 0.537. The third-order valence-corrected chi connectivity index (χ3v) is 4.47. The van der Waals surface area contributed by atoms with E-state index in [2.05, 4.69) is 28.3 Å². The molecule has 3 heterocycles. The molecule has 102 valence electrons. The van der Waals surface area contributed by atoms with Crippen molar-refractivity contribution in [3.05, 3.63) is 46.6 Å². The van der Waals surface area contributed by atoms with E-state index >= 15 is 0 Å². The van der Waals surface area contributed by atoms with Crippen molar-refractivity contribution in [2.75, 3.05) is 0 Å². The minimum atomic E-state index is -0.0971. The van der Waals surface area contributed by atoms with E-state index in [1.807, 2.05) is 28.6 Å². The van der Waals surface area contributed by atoms with Gasteiger partial charge in [-0.1, -0.05) is 11.6 Å². The van der Waals surface area contributed by atoms with Crippen LogP contribution in [0.15, 0.2) is 24.7 Å². The number of halogens is 1. The van der Waals surface area contributed by atoms with Crippen LogP contribution in [0.3, 0.4) is 0 Å². The lowest BCUT2D eigenvalue weighted by atomic mass is 9.82. The summed E-state index contributed by atoms with van der Waals surface area (Å²) in [6.07, 6.45) is 8.00. The smallest absolute Gasteiger partial charge is 0.156 e. The SMILES string of the molecule is Cn1cc(C2(C)CCc3cnc4cc(Cl)nn4c32)cn1. The van der Waals surface area contributed by atoms with Gasteiger partial charge in [0.25, 0.3) is 0 Å². The summed E-state index contributed by atoms with van der Waals surface area (Å²) in [4.78, 5) is 4.43. The predicted octanol–water partition coefficient (Wildman–Crippen LogP) is 2.37. The summed E-state index contributed by atoms with van der Waals surface area (Å²) < 4.78 is 3.73. The van der Waals surface area contributed by atoms with E-state index in [9.17, 15) is 0 Å². The Balaban J connectivity index is 2.02. The summed E-state index contributed by atoms with van der Waals surface area (Å²) in [6, 6.07) is 1.80. The average molecular weight is 288 g/mol. The first kappa shape index (κ1) is 11.9. The third kappa shape index (κ3) is 1.47. The number of aryl methyl sites for hydroxylation is 2. The Hall–Kier alpha value is -1.88. The van der Waals surface area contributed by atoms with E-state index in [1.54, 1.807) is 6.07 Å². The van der Waals surface area contributed by atoms with Gasteiger partial charge in [-0.2, -0.15) is 10.2 Å². The molecule has 1 atom stereocenters. The molecule has 1 aliphatic rings. The molecule has 1 unspecified atom stereocenters. The summed E-state index contributed by atoms with van der Waals surface area (Å²) in [6.45, 7) is 2.24. The maximum atomic E-state index is 6.04. The zero-order valence-corrected chi connectivity index (χ0v) is 12.1. The number of rotatable bonds is 1. The first-order chi connectivity index (χ1) is 9.58. The zero-order valence-electron chi connectivity index (χ0n) is 11.3. The van der Waals surface area contributed by atoms with Gasteiger partial charge in [0.05, 0.1) is 11.9 Å². The standard InChI is InChI=1S/C14H14ClN5/c1-14(10-7-17-19(2)8-10)4-3-9-6-16-12-5-11(15)18-20(12)13(9)14/h5-8H,3-4H2,1-2H3. The largest absolute Gasteiger partial charge is 0.276 e. The Bertz CT molecular complexity index is 818. The van der Waals surface area contributed by atoms with Crippen LogP contribution in [-0.4, -0.2) is 24.4 Å². The average Bonchev–Trinajstić information content (AvgIpc) is 3.07. The number of aromatic nitrogens is 5. The van der Waals surface area contributed by atoms with Crippen LogP contribution in [0.4, 0.5) is 0 Å². The number of nitrogens with zero attached hydrogens (tertiary/aromatic N) is 5. The van der Waals surface area contributed by atoms with Gasteiger partial charge in [-0.25, -0.2) is 9.50 Å². The summed E-state index contributed by atoms with van der Waals surface area (Å²) in [7, 11) is 1.94. The molecule has 0 fully saturated rings. The van der Waals surface area contributed by atoms with Crippen LogP contribution in [0, 0.1) is 0 Å². The molecule has 0 radical (unpaired) electrons. The number of hydrogen-bond donors (Lipinski definition) is 0. The summed E-state index contributed by atoms with van der Waals surface area (Å²) in [5.74, 6) is 0. The predicted molar refractivity (Wildman–Crippen MR) is 76.0 cm³/mol. The van der Waals surface area contributed by atoms with Crippen LogP contribution in [-0.2, 0) is 18.9 Å². The van der Waals surface area contributed by atoms with Gasteiger partial charge in [0.2, 0.25) is 0 Å². The summed E-state index contributed by atoms with van der Waals surface area (Å²) in [5, 5.41) is 9.19. The lowest BCUT2D eigenvalue weighted by Crippen LogP contribution is -2.23. The van der Waals surface area contributed by atoms with Crippen molar-refractivity contribution in [2.45, 2.75) is 25.2 Å². The second kappa shape index (κ2) is 3.82. The van der Waals surface area contributed by atoms with Gasteiger partial charge >= 0.3 is 0 Å². The highest BCUT2D eigenvalue weighted by atomic mass is 35.5. The van der Waals surface area contributed by atoms with Gasteiger partial charge in [-0.15, -0.1) is 0 Å². The van der Waals surface area contributed by atoms with E-state index in [-0.39, 0.29) is 5.41 Å². The Morgan fingerprint density at radius 1 is 1.35 bits per heavy atom. The second-order valence-corrected chi connectivity index (χ2v) is 5.99. The Kier molecular flexibility index (Phi) is 2.27. The maximum absolute atomic E-state index is 6.04. The van der Waals surface area contributed by atoms with E-state index < -0.39 is 0 Å². The molecule has 1 aliphatic carbocycles. The lowest BCUT2D eigenvalue weighted by Gasteiger charge is -2.24. The van der Waals surface area contributed by atoms with Crippen LogP contribution in [0.25, 0.3) is 5.65 Å². The van der Waals surface area contributed by atoms with Gasteiger partial charge in [-0.05, 0) is 25.3 Å². The molecule has 0 spiro atoms. The Labute approximate surface area is 121 Å². The Morgan fingerprint density at radius 2 is 2.20 bits per heavy atom. The highest BCUT2D eigenvalue weighted by Crippen LogP contribution is 2.43. The maximum Gasteiger partial charge on any atom is 0.156 e. The van der Waals surface area contributed by atoms with E-state index in [0.717, 1.165) is 18.5 Å². The molecule has 3 aromatic rings. The van der Waals surface area contributed by atoms with Gasteiger partial charge < -0.3 is 0 Å². The molecule has 0 saturated heterocycles. The van der Waals surface area contributed by atoms with Crippen LogP contribution in [0.5, 0.6) is 0 Å². The molecule has 5 nitrogen and oxygen atoms in total. The minimum absolute atomic E-state index is 0.0971. The van der Waals surface area contributed by atoms with Crippen molar-refractivity contribution >= 4 is 17.2 Å². The minimum Gasteiger partial charge on any atom is -0.276 e. The zero-order chi connectivity index (χ0) is 13.9. The molecule has 0 aromatic carbocycles. The summed E-state index contributed by atoms with van der Waals surface area (Å²) >= 11 is 6.04. The molecule has 0 N–H and O–H groups in total. The van der Waals surface area contributed by atoms with Crippen LogP contribution < -0.4 is 0 Å². The highest BCUT2D eigenvalue weighted by Gasteiger charge is 2.40. The molecular weight excluding hydrogens is 274 g/mol. The van der Waals surface area contributed by atoms with Gasteiger partial charge in [0.1, 0.15) is 0 Å². The number of hydrogen-bond acceptors (Lipinski definition) is 3. The molecule has 0 amide bonds. The first-order valence-corrected chi connectivity index (χ1v) is 6.98. The molecule has 20 heavy (non-hydrogen) atoms. The molecule has 3 aromatic heterocycles. The Morgan fingerprint density at radius 3 is 2.95 bits per heavy atom. The third-order valence-electron chi connectivity index (χ3n) is 4.29. The normalized spacial score (nSPS) is 21.6. The van der Waals surface area contributed by atoms with Crippen molar-refractivity contribution in [1.29, 1.82) is 0 Å².